The Balaban J connectivity index is 1.58. The number of carboxylic acids is 1. The molecule has 0 aliphatic heterocycles. The van der Waals surface area contributed by atoms with Gasteiger partial charge in [-0.05, 0) is 55.2 Å². The van der Waals surface area contributed by atoms with Crippen LogP contribution < -0.4 is 10.3 Å². The lowest BCUT2D eigenvalue weighted by molar-refractivity contribution is -0.142. The van der Waals surface area contributed by atoms with E-state index in [1.54, 1.807) is 6.07 Å². The third kappa shape index (κ3) is 6.33. The van der Waals surface area contributed by atoms with Gasteiger partial charge in [0.05, 0.1) is 19.4 Å². The van der Waals surface area contributed by atoms with Crippen molar-refractivity contribution in [2.24, 2.45) is 11.8 Å². The zero-order valence-electron chi connectivity index (χ0n) is 19.7. The predicted molar refractivity (Wildman–Crippen MR) is 130 cm³/mol. The third-order valence-electron chi connectivity index (χ3n) is 6.44. The quantitative estimate of drug-likeness (QED) is 0.480. The van der Waals surface area contributed by atoms with Crippen LogP contribution in [0, 0.1) is 17.7 Å². The standard InChI is InChI=1S/C27H29FN2O5/c1-34-23-12-21(11-22(28)13-23)24-14-25(31)30(29-27(24)20-5-3-2-4-6-20)15-18-7-9-19(10-8-18)16-35-17-26(32)33/h2-6,11-14,18-19H,7-10,15-17H2,1H3,(H,32,33). The number of halogens is 1. The van der Waals surface area contributed by atoms with Gasteiger partial charge in [-0.3, -0.25) is 4.79 Å². The van der Waals surface area contributed by atoms with Gasteiger partial charge in [0.25, 0.3) is 5.56 Å². The van der Waals surface area contributed by atoms with Crippen molar-refractivity contribution in [3.8, 4) is 28.1 Å². The number of nitrogens with zero attached hydrogens (tertiary/aromatic N) is 2. The minimum Gasteiger partial charge on any atom is -0.497 e. The molecule has 1 aliphatic carbocycles. The third-order valence-corrected chi connectivity index (χ3v) is 6.44. The van der Waals surface area contributed by atoms with Crippen molar-refractivity contribution < 1.29 is 23.8 Å². The average molecular weight is 481 g/mol. The van der Waals surface area contributed by atoms with E-state index in [0.29, 0.717) is 47.6 Å². The summed E-state index contributed by atoms with van der Waals surface area (Å²) < 4.78 is 26.2. The van der Waals surface area contributed by atoms with Crippen molar-refractivity contribution >= 4 is 5.97 Å². The van der Waals surface area contributed by atoms with E-state index in [4.69, 9.17) is 19.7 Å². The van der Waals surface area contributed by atoms with E-state index in [9.17, 15) is 14.0 Å². The van der Waals surface area contributed by atoms with Gasteiger partial charge in [-0.15, -0.1) is 0 Å². The number of ether oxygens (including phenoxy) is 2. The largest absolute Gasteiger partial charge is 0.497 e. The second kappa shape index (κ2) is 11.3. The Morgan fingerprint density at radius 3 is 2.46 bits per heavy atom. The van der Waals surface area contributed by atoms with E-state index in [2.05, 4.69) is 0 Å². The fourth-order valence-corrected chi connectivity index (χ4v) is 4.62. The molecule has 4 rings (SSSR count). The van der Waals surface area contributed by atoms with Crippen LogP contribution in [0.25, 0.3) is 22.4 Å². The molecule has 0 saturated heterocycles. The molecule has 7 nitrogen and oxygen atoms in total. The van der Waals surface area contributed by atoms with Gasteiger partial charge in [0.1, 0.15) is 18.2 Å². The number of hydrogen-bond acceptors (Lipinski definition) is 5. The van der Waals surface area contributed by atoms with Crippen LogP contribution in [-0.2, 0) is 16.1 Å². The van der Waals surface area contributed by atoms with Gasteiger partial charge in [0.15, 0.2) is 0 Å². The van der Waals surface area contributed by atoms with Crippen LogP contribution in [0.3, 0.4) is 0 Å². The Bertz CT molecular complexity index is 1220. The summed E-state index contributed by atoms with van der Waals surface area (Å²) in [5.41, 5.74) is 2.27. The molecule has 1 N–H and O–H groups in total. The molecule has 0 radical (unpaired) electrons. The van der Waals surface area contributed by atoms with E-state index >= 15 is 0 Å². The highest BCUT2D eigenvalue weighted by atomic mass is 19.1. The first-order valence-corrected chi connectivity index (χ1v) is 11.7. The van der Waals surface area contributed by atoms with E-state index < -0.39 is 11.8 Å². The fraction of sp³-hybridized carbons (Fsp3) is 0.370. The van der Waals surface area contributed by atoms with Gasteiger partial charge in [-0.1, -0.05) is 30.3 Å². The van der Waals surface area contributed by atoms with Gasteiger partial charge >= 0.3 is 5.97 Å². The molecular formula is C27H29FN2O5. The second-order valence-corrected chi connectivity index (χ2v) is 8.97. The van der Waals surface area contributed by atoms with E-state index in [0.717, 1.165) is 31.2 Å². The molecule has 0 unspecified atom stereocenters. The molecular weight excluding hydrogens is 451 g/mol. The summed E-state index contributed by atoms with van der Waals surface area (Å²) in [5.74, 6) is -0.419. The monoisotopic (exact) mass is 480 g/mol. The lowest BCUT2D eigenvalue weighted by Gasteiger charge is -2.28. The van der Waals surface area contributed by atoms with Crippen molar-refractivity contribution in [1.29, 1.82) is 0 Å². The van der Waals surface area contributed by atoms with Crippen LogP contribution in [0.5, 0.6) is 5.75 Å². The van der Waals surface area contributed by atoms with Crippen molar-refractivity contribution in [2.45, 2.75) is 32.2 Å². The average Bonchev–Trinajstić information content (AvgIpc) is 2.86. The maximum absolute atomic E-state index is 14.3. The molecule has 184 valence electrons. The summed E-state index contributed by atoms with van der Waals surface area (Å²) in [7, 11) is 1.47. The Labute approximate surface area is 203 Å². The Morgan fingerprint density at radius 2 is 1.77 bits per heavy atom. The molecule has 0 bridgehead atoms. The topological polar surface area (TPSA) is 90.7 Å². The lowest BCUT2D eigenvalue weighted by atomic mass is 9.82. The fourth-order valence-electron chi connectivity index (χ4n) is 4.62. The van der Waals surface area contributed by atoms with Gasteiger partial charge < -0.3 is 14.6 Å². The van der Waals surface area contributed by atoms with Crippen LogP contribution in [0.1, 0.15) is 25.7 Å². The number of aromatic nitrogens is 2. The number of rotatable bonds is 9. The molecule has 0 atom stereocenters. The first kappa shape index (κ1) is 24.6. The molecule has 8 heteroatoms. The van der Waals surface area contributed by atoms with Crippen LogP contribution >= 0.6 is 0 Å². The minimum atomic E-state index is -0.960. The molecule has 1 saturated carbocycles. The highest BCUT2D eigenvalue weighted by Crippen LogP contribution is 2.33. The molecule has 0 amide bonds. The highest BCUT2D eigenvalue weighted by Gasteiger charge is 2.23. The Morgan fingerprint density at radius 1 is 1.06 bits per heavy atom. The van der Waals surface area contributed by atoms with Crippen LogP contribution in [0.15, 0.2) is 59.4 Å². The predicted octanol–water partition coefficient (Wildman–Crippen LogP) is 4.63. The molecule has 1 aromatic heterocycles. The normalized spacial score (nSPS) is 17.8. The highest BCUT2D eigenvalue weighted by molar-refractivity contribution is 5.80. The summed E-state index contributed by atoms with van der Waals surface area (Å²) in [5, 5.41) is 13.5. The minimum absolute atomic E-state index is 0.241. The molecule has 35 heavy (non-hydrogen) atoms. The first-order valence-electron chi connectivity index (χ1n) is 11.7. The Hall–Kier alpha value is -3.52. The summed E-state index contributed by atoms with van der Waals surface area (Å²) >= 11 is 0. The number of benzene rings is 2. The maximum Gasteiger partial charge on any atom is 0.329 e. The summed E-state index contributed by atoms with van der Waals surface area (Å²) in [6.45, 7) is 0.667. The zero-order valence-corrected chi connectivity index (χ0v) is 19.7. The number of carbonyl (C=O) groups is 1. The number of aliphatic carboxylic acids is 1. The molecule has 2 aromatic carbocycles. The molecule has 0 spiro atoms. The zero-order chi connectivity index (χ0) is 24.8. The van der Waals surface area contributed by atoms with E-state index in [-0.39, 0.29) is 12.2 Å². The van der Waals surface area contributed by atoms with E-state index in [1.807, 2.05) is 30.3 Å². The van der Waals surface area contributed by atoms with Crippen LogP contribution in [-0.4, -0.2) is 41.2 Å². The van der Waals surface area contributed by atoms with Crippen molar-refractivity contribution in [3.63, 3.8) is 0 Å². The lowest BCUT2D eigenvalue weighted by Crippen LogP contribution is -2.29. The number of carboxylic acid groups (broad SMARTS) is 1. The smallest absolute Gasteiger partial charge is 0.329 e. The number of methoxy groups -OCH3 is 1. The molecule has 1 aliphatic rings. The summed E-state index contributed by atoms with van der Waals surface area (Å²) in [6, 6.07) is 15.4. The molecule has 1 fully saturated rings. The molecule has 1 heterocycles. The van der Waals surface area contributed by atoms with Gasteiger partial charge in [-0.25, -0.2) is 13.9 Å². The first-order chi connectivity index (χ1) is 16.9. The van der Waals surface area contributed by atoms with Gasteiger partial charge in [0.2, 0.25) is 0 Å². The SMILES string of the molecule is COc1cc(F)cc(-c2cc(=O)n(CC3CCC(COCC(=O)O)CC3)nc2-c2ccccc2)c1. The second-order valence-electron chi connectivity index (χ2n) is 8.97. The van der Waals surface area contributed by atoms with Crippen molar-refractivity contribution in [3.05, 3.63) is 70.8 Å². The van der Waals surface area contributed by atoms with Crippen LogP contribution in [0.4, 0.5) is 4.39 Å². The summed E-state index contributed by atoms with van der Waals surface area (Å²) in [4.78, 5) is 23.7. The van der Waals surface area contributed by atoms with Gasteiger partial charge in [0, 0.05) is 29.8 Å². The van der Waals surface area contributed by atoms with Crippen molar-refractivity contribution in [2.75, 3.05) is 20.3 Å². The van der Waals surface area contributed by atoms with Crippen LogP contribution in [0.2, 0.25) is 0 Å². The van der Waals surface area contributed by atoms with Gasteiger partial charge in [-0.2, -0.15) is 5.10 Å². The molecule has 3 aromatic rings. The Kier molecular flexibility index (Phi) is 7.92. The number of hydrogen-bond donors (Lipinski definition) is 1. The van der Waals surface area contributed by atoms with Crippen molar-refractivity contribution in [1.82, 2.24) is 9.78 Å². The maximum atomic E-state index is 14.3. The summed E-state index contributed by atoms with van der Waals surface area (Å²) in [6.07, 6.45) is 3.68. The van der Waals surface area contributed by atoms with E-state index in [1.165, 1.54) is 30.0 Å².